The summed E-state index contributed by atoms with van der Waals surface area (Å²) in [6.45, 7) is 13.2. The van der Waals surface area contributed by atoms with Gasteiger partial charge in [0.2, 0.25) is 5.91 Å². The van der Waals surface area contributed by atoms with Crippen LogP contribution in [0.2, 0.25) is 0 Å². The van der Waals surface area contributed by atoms with Gasteiger partial charge in [-0.2, -0.15) is 0 Å². The third-order valence-corrected chi connectivity index (χ3v) is 6.95. The normalized spacial score (nSPS) is 21.3. The van der Waals surface area contributed by atoms with Gasteiger partial charge in [-0.3, -0.25) is 19.6 Å². The molecule has 3 heterocycles. The zero-order chi connectivity index (χ0) is 22.2. The Kier molecular flexibility index (Phi) is 10.7. The fourth-order valence-corrected chi connectivity index (χ4v) is 5.01. The summed E-state index contributed by atoms with van der Waals surface area (Å²) in [7, 11) is 0. The van der Waals surface area contributed by atoms with Gasteiger partial charge >= 0.3 is 0 Å². The maximum absolute atomic E-state index is 12.6. The highest BCUT2D eigenvalue weighted by atomic mass is 127. The molecule has 3 aliphatic rings. The van der Waals surface area contributed by atoms with Crippen molar-refractivity contribution in [3.63, 3.8) is 0 Å². The number of amides is 1. The molecule has 1 aromatic rings. The largest absolute Gasteiger partial charge is 0.364 e. The number of aromatic nitrogens is 1. The van der Waals surface area contributed by atoms with Crippen LogP contribution in [0.1, 0.15) is 38.3 Å². The van der Waals surface area contributed by atoms with Crippen LogP contribution in [0.15, 0.2) is 21.8 Å². The Morgan fingerprint density at radius 3 is 2.36 bits per heavy atom. The highest BCUT2D eigenvalue weighted by Gasteiger charge is 2.29. The predicted molar refractivity (Wildman–Crippen MR) is 140 cm³/mol. The Morgan fingerprint density at radius 2 is 1.73 bits per heavy atom. The molecule has 1 N–H and O–H groups in total. The van der Waals surface area contributed by atoms with Gasteiger partial charge < -0.3 is 19.6 Å². The van der Waals surface area contributed by atoms with Crippen LogP contribution in [0.4, 0.5) is 0 Å². The first-order valence-electron chi connectivity index (χ1n) is 12.4. The van der Waals surface area contributed by atoms with Crippen molar-refractivity contribution in [3.8, 4) is 0 Å². The third kappa shape index (κ3) is 7.54. The number of carbonyl (C=O) groups excluding carboxylic acids is 1. The standard InChI is InChI=1S/C23H39N7O2.HI/c1-2-24-23(30-16-12-28(13-17-30)19-21-7-18-32-26-21)25-8-9-27-10-14-29(15-11-27)22(31)20-5-3-4-6-20;/h7,18,20H,2-6,8-17,19H2,1H3,(H,24,25);1H. The number of nitrogens with one attached hydrogen (secondary N) is 1. The second-order valence-corrected chi connectivity index (χ2v) is 9.14. The Labute approximate surface area is 214 Å². The van der Waals surface area contributed by atoms with Crippen molar-refractivity contribution in [2.75, 3.05) is 72.0 Å². The van der Waals surface area contributed by atoms with Gasteiger partial charge in [-0.1, -0.05) is 18.0 Å². The molecule has 33 heavy (non-hydrogen) atoms. The van der Waals surface area contributed by atoms with Crippen molar-refractivity contribution in [2.24, 2.45) is 10.9 Å². The van der Waals surface area contributed by atoms with Crippen molar-refractivity contribution < 1.29 is 9.32 Å². The van der Waals surface area contributed by atoms with E-state index in [2.05, 4.69) is 37.0 Å². The summed E-state index contributed by atoms with van der Waals surface area (Å²) in [5.74, 6) is 1.71. The number of carbonyl (C=O) groups is 1. The quantitative estimate of drug-likeness (QED) is 0.302. The molecule has 9 nitrogen and oxygen atoms in total. The summed E-state index contributed by atoms with van der Waals surface area (Å²) in [4.78, 5) is 26.9. The summed E-state index contributed by atoms with van der Waals surface area (Å²) < 4.78 is 4.94. The van der Waals surface area contributed by atoms with Gasteiger partial charge in [-0.25, -0.2) is 0 Å². The first-order chi connectivity index (χ1) is 15.7. The lowest BCUT2D eigenvalue weighted by molar-refractivity contribution is -0.137. The number of halogens is 1. The molecule has 1 amide bonds. The second kappa shape index (κ2) is 13.5. The highest BCUT2D eigenvalue weighted by Crippen LogP contribution is 2.26. The number of nitrogens with zero attached hydrogens (tertiary/aromatic N) is 6. The van der Waals surface area contributed by atoms with Gasteiger partial charge in [0.05, 0.1) is 12.2 Å². The Balaban J connectivity index is 0.00000306. The molecular formula is C23H40IN7O2. The number of piperazine rings is 2. The molecule has 3 fully saturated rings. The molecule has 0 unspecified atom stereocenters. The van der Waals surface area contributed by atoms with Gasteiger partial charge in [0.25, 0.3) is 0 Å². The highest BCUT2D eigenvalue weighted by molar-refractivity contribution is 14.0. The predicted octanol–water partition coefficient (Wildman–Crippen LogP) is 1.71. The van der Waals surface area contributed by atoms with E-state index in [0.29, 0.717) is 11.8 Å². The monoisotopic (exact) mass is 573 g/mol. The molecule has 1 aromatic heterocycles. The average molecular weight is 574 g/mol. The number of hydrogen-bond donors (Lipinski definition) is 1. The van der Waals surface area contributed by atoms with E-state index >= 15 is 0 Å². The lowest BCUT2D eigenvalue weighted by Gasteiger charge is -2.37. The van der Waals surface area contributed by atoms with E-state index in [9.17, 15) is 4.79 Å². The van der Waals surface area contributed by atoms with Crippen LogP contribution in [-0.4, -0.2) is 109 Å². The second-order valence-electron chi connectivity index (χ2n) is 9.14. The molecule has 0 atom stereocenters. The minimum atomic E-state index is 0. The van der Waals surface area contributed by atoms with E-state index < -0.39 is 0 Å². The smallest absolute Gasteiger partial charge is 0.225 e. The van der Waals surface area contributed by atoms with Crippen molar-refractivity contribution in [1.82, 2.24) is 30.1 Å². The molecule has 4 rings (SSSR count). The lowest BCUT2D eigenvalue weighted by Crippen LogP contribution is -2.52. The Hall–Kier alpha value is -1.40. The lowest BCUT2D eigenvalue weighted by atomic mass is 10.1. The van der Waals surface area contributed by atoms with Gasteiger partial charge in [0.15, 0.2) is 5.96 Å². The minimum Gasteiger partial charge on any atom is -0.364 e. The number of guanidine groups is 1. The molecule has 0 aromatic carbocycles. The summed E-state index contributed by atoms with van der Waals surface area (Å²) in [5, 5.41) is 7.48. The van der Waals surface area contributed by atoms with Crippen LogP contribution in [0, 0.1) is 5.92 Å². The molecule has 0 bridgehead atoms. The molecule has 186 valence electrons. The number of aliphatic imine (C=N–C) groups is 1. The minimum absolute atomic E-state index is 0. The van der Waals surface area contributed by atoms with E-state index in [1.54, 1.807) is 6.26 Å². The zero-order valence-electron chi connectivity index (χ0n) is 20.0. The Bertz CT molecular complexity index is 723. The van der Waals surface area contributed by atoms with E-state index in [1.165, 1.54) is 12.8 Å². The van der Waals surface area contributed by atoms with Crippen molar-refractivity contribution >= 4 is 35.8 Å². The molecule has 0 radical (unpaired) electrons. The van der Waals surface area contributed by atoms with Crippen molar-refractivity contribution in [1.29, 1.82) is 0 Å². The first-order valence-corrected chi connectivity index (χ1v) is 12.4. The van der Waals surface area contributed by atoms with Crippen LogP contribution >= 0.6 is 24.0 Å². The van der Waals surface area contributed by atoms with Crippen LogP contribution in [0.3, 0.4) is 0 Å². The fourth-order valence-electron chi connectivity index (χ4n) is 5.01. The Morgan fingerprint density at radius 1 is 1.06 bits per heavy atom. The maximum atomic E-state index is 12.6. The van der Waals surface area contributed by atoms with E-state index in [4.69, 9.17) is 9.52 Å². The van der Waals surface area contributed by atoms with Gasteiger partial charge in [0.1, 0.15) is 6.26 Å². The summed E-state index contributed by atoms with van der Waals surface area (Å²) >= 11 is 0. The van der Waals surface area contributed by atoms with Gasteiger partial charge in [-0.05, 0) is 19.8 Å². The maximum Gasteiger partial charge on any atom is 0.225 e. The van der Waals surface area contributed by atoms with E-state index in [-0.39, 0.29) is 24.0 Å². The van der Waals surface area contributed by atoms with E-state index in [0.717, 1.165) is 103 Å². The SMILES string of the molecule is CCNC(=NCCN1CCN(C(=O)C2CCCC2)CC1)N1CCN(Cc2ccon2)CC1.I. The van der Waals surface area contributed by atoms with Gasteiger partial charge in [0, 0.05) is 84.0 Å². The molecular weight excluding hydrogens is 533 g/mol. The fraction of sp³-hybridized carbons (Fsp3) is 0.783. The van der Waals surface area contributed by atoms with Crippen LogP contribution in [-0.2, 0) is 11.3 Å². The molecule has 2 saturated heterocycles. The molecule has 10 heteroatoms. The summed E-state index contributed by atoms with van der Waals surface area (Å²) in [5.41, 5.74) is 0.990. The topological polar surface area (TPSA) is 80.5 Å². The first kappa shape index (κ1) is 26.2. The molecule has 1 saturated carbocycles. The summed E-state index contributed by atoms with van der Waals surface area (Å²) in [6, 6.07) is 1.93. The number of hydrogen-bond acceptors (Lipinski definition) is 6. The zero-order valence-corrected chi connectivity index (χ0v) is 22.3. The van der Waals surface area contributed by atoms with Gasteiger partial charge in [-0.15, -0.1) is 24.0 Å². The van der Waals surface area contributed by atoms with Crippen LogP contribution in [0.25, 0.3) is 0 Å². The molecule has 2 aliphatic heterocycles. The third-order valence-electron chi connectivity index (χ3n) is 6.95. The van der Waals surface area contributed by atoms with Crippen molar-refractivity contribution in [3.05, 3.63) is 18.0 Å². The van der Waals surface area contributed by atoms with Crippen LogP contribution < -0.4 is 5.32 Å². The average Bonchev–Trinajstić information content (AvgIpc) is 3.54. The molecule has 1 aliphatic carbocycles. The number of rotatable bonds is 7. The van der Waals surface area contributed by atoms with E-state index in [1.807, 2.05) is 6.07 Å². The van der Waals surface area contributed by atoms with Crippen LogP contribution in [0.5, 0.6) is 0 Å². The molecule has 0 spiro atoms. The summed E-state index contributed by atoms with van der Waals surface area (Å²) in [6.07, 6.45) is 6.26. The van der Waals surface area contributed by atoms with Crippen molar-refractivity contribution in [2.45, 2.75) is 39.2 Å².